The number of piperidine rings is 1. The molecule has 2 aromatic carbocycles. The molecule has 2 aromatic rings. The number of benzene rings is 2. The van der Waals surface area contributed by atoms with E-state index >= 15 is 0 Å². The maximum absolute atomic E-state index is 12.5. The van der Waals surface area contributed by atoms with Gasteiger partial charge in [0.05, 0.1) is 18.6 Å². The first-order chi connectivity index (χ1) is 16.4. The molecule has 0 atom stereocenters. The molecular formula is C26H37N3O4S. The summed E-state index contributed by atoms with van der Waals surface area (Å²) in [7, 11) is -3.51. The van der Waals surface area contributed by atoms with E-state index in [4.69, 9.17) is 4.74 Å². The Morgan fingerprint density at radius 3 is 2.41 bits per heavy atom. The van der Waals surface area contributed by atoms with E-state index in [1.807, 2.05) is 25.1 Å². The SMILES string of the molecule is CCOc1ccccc1N(CCCC(=O)NCc1ccccc1CN1CCCCC1)S(C)(=O)=O. The van der Waals surface area contributed by atoms with Crippen molar-refractivity contribution in [1.82, 2.24) is 10.2 Å². The molecule has 0 radical (unpaired) electrons. The quantitative estimate of drug-likeness (QED) is 0.491. The molecule has 7 nitrogen and oxygen atoms in total. The van der Waals surface area contributed by atoms with Gasteiger partial charge in [0.15, 0.2) is 0 Å². The van der Waals surface area contributed by atoms with Crippen molar-refractivity contribution in [3.05, 3.63) is 59.7 Å². The number of ether oxygens (including phenoxy) is 1. The van der Waals surface area contributed by atoms with Crippen LogP contribution in [-0.2, 0) is 27.9 Å². The van der Waals surface area contributed by atoms with Gasteiger partial charge >= 0.3 is 0 Å². The number of carbonyl (C=O) groups excluding carboxylic acids is 1. The minimum absolute atomic E-state index is 0.0840. The lowest BCUT2D eigenvalue weighted by Crippen LogP contribution is -2.32. The fourth-order valence-corrected chi connectivity index (χ4v) is 5.28. The van der Waals surface area contributed by atoms with Crippen LogP contribution in [0.2, 0.25) is 0 Å². The minimum atomic E-state index is -3.51. The molecule has 1 fully saturated rings. The Labute approximate surface area is 204 Å². The highest BCUT2D eigenvalue weighted by atomic mass is 32.2. The van der Waals surface area contributed by atoms with Crippen LogP contribution in [0.3, 0.4) is 0 Å². The van der Waals surface area contributed by atoms with Crippen molar-refractivity contribution in [3.63, 3.8) is 0 Å². The Kier molecular flexibility index (Phi) is 9.77. The minimum Gasteiger partial charge on any atom is -0.492 e. The second-order valence-corrected chi connectivity index (χ2v) is 10.6. The summed E-state index contributed by atoms with van der Waals surface area (Å²) >= 11 is 0. The van der Waals surface area contributed by atoms with Crippen molar-refractivity contribution < 1.29 is 17.9 Å². The number of rotatable bonds is 12. The number of nitrogens with zero attached hydrogens (tertiary/aromatic N) is 2. The normalized spacial score (nSPS) is 14.5. The maximum Gasteiger partial charge on any atom is 0.232 e. The van der Waals surface area contributed by atoms with Crippen LogP contribution in [0, 0.1) is 0 Å². The van der Waals surface area contributed by atoms with E-state index in [2.05, 4.69) is 22.3 Å². The number of hydrogen-bond donors (Lipinski definition) is 1. The van der Waals surface area contributed by atoms with Crippen LogP contribution in [0.15, 0.2) is 48.5 Å². The van der Waals surface area contributed by atoms with Crippen molar-refractivity contribution in [2.75, 3.05) is 36.8 Å². The summed E-state index contributed by atoms with van der Waals surface area (Å²) < 4.78 is 31.8. The van der Waals surface area contributed by atoms with Crippen molar-refractivity contribution >= 4 is 21.6 Å². The average Bonchev–Trinajstić information content (AvgIpc) is 2.82. The molecule has 8 heteroatoms. The predicted molar refractivity (Wildman–Crippen MR) is 136 cm³/mol. The van der Waals surface area contributed by atoms with Gasteiger partial charge < -0.3 is 10.1 Å². The number of likely N-dealkylation sites (tertiary alicyclic amines) is 1. The monoisotopic (exact) mass is 487 g/mol. The van der Waals surface area contributed by atoms with Gasteiger partial charge in [-0.3, -0.25) is 14.0 Å². The van der Waals surface area contributed by atoms with Gasteiger partial charge in [-0.15, -0.1) is 0 Å². The van der Waals surface area contributed by atoms with Gasteiger partial charge in [0.1, 0.15) is 5.75 Å². The largest absolute Gasteiger partial charge is 0.492 e. The predicted octanol–water partition coefficient (Wildman–Crippen LogP) is 3.93. The zero-order valence-corrected chi connectivity index (χ0v) is 21.1. The van der Waals surface area contributed by atoms with Crippen LogP contribution in [0.1, 0.15) is 50.2 Å². The number of carbonyl (C=O) groups is 1. The van der Waals surface area contributed by atoms with Crippen molar-refractivity contribution in [3.8, 4) is 5.75 Å². The highest BCUT2D eigenvalue weighted by Gasteiger charge is 2.21. The number of hydrogen-bond acceptors (Lipinski definition) is 5. The van der Waals surface area contributed by atoms with Crippen LogP contribution in [0.5, 0.6) is 5.75 Å². The van der Waals surface area contributed by atoms with E-state index in [1.165, 1.54) is 35.4 Å². The highest BCUT2D eigenvalue weighted by molar-refractivity contribution is 7.92. The highest BCUT2D eigenvalue weighted by Crippen LogP contribution is 2.30. The van der Waals surface area contributed by atoms with Crippen LogP contribution >= 0.6 is 0 Å². The first-order valence-corrected chi connectivity index (χ1v) is 14.0. The first kappa shape index (κ1) is 26.0. The Bertz CT molecular complexity index is 1040. The Hall–Kier alpha value is -2.58. The molecule has 1 aliphatic heterocycles. The van der Waals surface area contributed by atoms with Crippen molar-refractivity contribution in [1.29, 1.82) is 0 Å². The smallest absolute Gasteiger partial charge is 0.232 e. The van der Waals surface area contributed by atoms with Gasteiger partial charge in [0.25, 0.3) is 0 Å². The summed E-state index contributed by atoms with van der Waals surface area (Å²) in [5, 5.41) is 3.01. The molecule has 1 heterocycles. The molecule has 34 heavy (non-hydrogen) atoms. The van der Waals surface area contributed by atoms with Crippen molar-refractivity contribution in [2.24, 2.45) is 0 Å². The standard InChI is InChI=1S/C26H37N3O4S/c1-3-33-25-15-8-7-14-24(25)29(34(2,31)32)19-11-16-26(30)27-20-22-12-5-6-13-23(22)21-28-17-9-4-10-18-28/h5-8,12-15H,3-4,9-11,16-21H2,1-2H3,(H,27,30). The Morgan fingerprint density at radius 2 is 1.71 bits per heavy atom. The number of nitrogens with one attached hydrogen (secondary N) is 1. The number of anilines is 1. The van der Waals surface area contributed by atoms with Gasteiger partial charge in [-0.25, -0.2) is 8.42 Å². The Morgan fingerprint density at radius 1 is 1.03 bits per heavy atom. The Balaban J connectivity index is 1.54. The number of sulfonamides is 1. The summed E-state index contributed by atoms with van der Waals surface area (Å²) in [4.78, 5) is 15.0. The molecule has 0 spiro atoms. The molecule has 0 unspecified atom stereocenters. The van der Waals surface area contributed by atoms with Crippen LogP contribution in [-0.4, -0.2) is 51.7 Å². The fourth-order valence-electron chi connectivity index (χ4n) is 4.31. The lowest BCUT2D eigenvalue weighted by Gasteiger charge is -2.27. The zero-order valence-electron chi connectivity index (χ0n) is 20.3. The lowest BCUT2D eigenvalue weighted by atomic mass is 10.0. The average molecular weight is 488 g/mol. The second kappa shape index (κ2) is 12.8. The second-order valence-electron chi connectivity index (χ2n) is 8.72. The van der Waals surface area contributed by atoms with E-state index in [-0.39, 0.29) is 18.9 Å². The molecular weight excluding hydrogens is 450 g/mol. The summed E-state index contributed by atoms with van der Waals surface area (Å²) in [5.74, 6) is 0.435. The third kappa shape index (κ3) is 7.74. The van der Waals surface area contributed by atoms with E-state index in [0.717, 1.165) is 25.2 Å². The van der Waals surface area contributed by atoms with Gasteiger partial charge in [-0.1, -0.05) is 42.8 Å². The summed E-state index contributed by atoms with van der Waals surface area (Å²) in [5.41, 5.74) is 2.88. The topological polar surface area (TPSA) is 79.0 Å². The first-order valence-electron chi connectivity index (χ1n) is 12.1. The van der Waals surface area contributed by atoms with Crippen LogP contribution in [0.25, 0.3) is 0 Å². The number of amides is 1. The van der Waals surface area contributed by atoms with Gasteiger partial charge in [0.2, 0.25) is 15.9 Å². The van der Waals surface area contributed by atoms with E-state index in [1.54, 1.807) is 18.2 Å². The third-order valence-electron chi connectivity index (χ3n) is 6.04. The maximum atomic E-state index is 12.5. The number of para-hydroxylation sites is 2. The van der Waals surface area contributed by atoms with Gasteiger partial charge in [-0.05, 0) is 62.5 Å². The molecule has 0 bridgehead atoms. The van der Waals surface area contributed by atoms with Gasteiger partial charge in [-0.2, -0.15) is 0 Å². The summed E-state index contributed by atoms with van der Waals surface area (Å²) in [6.45, 7) is 6.16. The van der Waals surface area contributed by atoms with Crippen molar-refractivity contribution in [2.45, 2.75) is 52.1 Å². The molecule has 1 amide bonds. The molecule has 1 aliphatic rings. The fraction of sp³-hybridized carbons (Fsp3) is 0.500. The van der Waals surface area contributed by atoms with E-state index in [9.17, 15) is 13.2 Å². The van der Waals surface area contributed by atoms with Crippen LogP contribution in [0.4, 0.5) is 5.69 Å². The van der Waals surface area contributed by atoms with Gasteiger partial charge in [0, 0.05) is 26.1 Å². The molecule has 0 aliphatic carbocycles. The van der Waals surface area contributed by atoms with E-state index in [0.29, 0.717) is 31.0 Å². The summed E-state index contributed by atoms with van der Waals surface area (Å²) in [6, 6.07) is 15.3. The molecule has 3 rings (SSSR count). The molecule has 1 N–H and O–H groups in total. The van der Waals surface area contributed by atoms with E-state index < -0.39 is 10.0 Å². The molecule has 0 aromatic heterocycles. The van der Waals surface area contributed by atoms with Crippen LogP contribution < -0.4 is 14.4 Å². The zero-order chi connectivity index (χ0) is 24.4. The summed E-state index contributed by atoms with van der Waals surface area (Å²) in [6.07, 6.45) is 5.64. The molecule has 1 saturated heterocycles. The molecule has 186 valence electrons. The molecule has 0 saturated carbocycles. The third-order valence-corrected chi connectivity index (χ3v) is 7.22. The lowest BCUT2D eigenvalue weighted by molar-refractivity contribution is -0.121.